The SMILES string of the molecule is NCc1ccc(C(=O)N2CC3CCCC3C2)o1. The number of fused-ring (bicyclic) bond motifs is 1. The fourth-order valence-electron chi connectivity index (χ4n) is 3.16. The summed E-state index contributed by atoms with van der Waals surface area (Å²) >= 11 is 0. The molecule has 92 valence electrons. The molecule has 17 heavy (non-hydrogen) atoms. The molecule has 1 aromatic rings. The van der Waals surface area contributed by atoms with E-state index in [2.05, 4.69) is 0 Å². The summed E-state index contributed by atoms with van der Waals surface area (Å²) in [7, 11) is 0. The van der Waals surface area contributed by atoms with E-state index in [0.717, 1.165) is 24.9 Å². The summed E-state index contributed by atoms with van der Waals surface area (Å²) in [5, 5.41) is 0. The minimum Gasteiger partial charge on any atom is -0.455 e. The lowest BCUT2D eigenvalue weighted by Crippen LogP contribution is -2.29. The Hall–Kier alpha value is -1.29. The molecule has 1 aliphatic heterocycles. The third-order valence-corrected chi connectivity index (χ3v) is 4.09. The van der Waals surface area contributed by atoms with Crippen LogP contribution in [0.5, 0.6) is 0 Å². The maximum atomic E-state index is 12.2. The standard InChI is InChI=1S/C13H18N2O2/c14-6-11-4-5-12(17-11)13(16)15-7-9-2-1-3-10(9)8-15/h4-5,9-10H,1-3,6-8,14H2. The number of carbonyl (C=O) groups excluding carboxylic acids is 1. The minimum absolute atomic E-state index is 0.0269. The summed E-state index contributed by atoms with van der Waals surface area (Å²) in [6.07, 6.45) is 3.89. The smallest absolute Gasteiger partial charge is 0.289 e. The van der Waals surface area contributed by atoms with E-state index in [1.165, 1.54) is 19.3 Å². The van der Waals surface area contributed by atoms with E-state index in [0.29, 0.717) is 18.1 Å². The van der Waals surface area contributed by atoms with E-state index in [1.807, 2.05) is 4.90 Å². The van der Waals surface area contributed by atoms with Crippen LogP contribution in [0.4, 0.5) is 0 Å². The van der Waals surface area contributed by atoms with Crippen molar-refractivity contribution in [1.82, 2.24) is 4.90 Å². The average Bonchev–Trinajstić information content (AvgIpc) is 3.02. The van der Waals surface area contributed by atoms with Gasteiger partial charge in [0.25, 0.3) is 5.91 Å². The van der Waals surface area contributed by atoms with Gasteiger partial charge in [-0.25, -0.2) is 0 Å². The second-order valence-corrected chi connectivity index (χ2v) is 5.13. The molecule has 2 fully saturated rings. The van der Waals surface area contributed by atoms with Crippen molar-refractivity contribution in [1.29, 1.82) is 0 Å². The van der Waals surface area contributed by atoms with Crippen LogP contribution >= 0.6 is 0 Å². The molecular formula is C13H18N2O2. The largest absolute Gasteiger partial charge is 0.455 e. The molecule has 4 heteroatoms. The van der Waals surface area contributed by atoms with Gasteiger partial charge in [0.15, 0.2) is 5.76 Å². The Morgan fingerprint density at radius 3 is 2.65 bits per heavy atom. The van der Waals surface area contributed by atoms with Crippen molar-refractivity contribution < 1.29 is 9.21 Å². The van der Waals surface area contributed by atoms with Crippen LogP contribution < -0.4 is 5.73 Å². The number of nitrogens with two attached hydrogens (primary N) is 1. The maximum Gasteiger partial charge on any atom is 0.289 e. The average molecular weight is 234 g/mol. The third-order valence-electron chi connectivity index (χ3n) is 4.09. The van der Waals surface area contributed by atoms with Gasteiger partial charge in [-0.1, -0.05) is 6.42 Å². The highest BCUT2D eigenvalue weighted by Crippen LogP contribution is 2.38. The predicted molar refractivity (Wildman–Crippen MR) is 63.3 cm³/mol. The van der Waals surface area contributed by atoms with E-state index in [-0.39, 0.29) is 5.91 Å². The molecule has 4 nitrogen and oxygen atoms in total. The van der Waals surface area contributed by atoms with Gasteiger partial charge in [-0.15, -0.1) is 0 Å². The molecule has 0 aromatic carbocycles. The number of amides is 1. The molecule has 2 unspecified atom stereocenters. The fourth-order valence-corrected chi connectivity index (χ4v) is 3.16. The molecule has 1 aliphatic carbocycles. The number of hydrogen-bond acceptors (Lipinski definition) is 3. The third kappa shape index (κ3) is 1.86. The Morgan fingerprint density at radius 2 is 2.06 bits per heavy atom. The molecule has 2 aliphatic rings. The first-order valence-corrected chi connectivity index (χ1v) is 6.36. The first-order chi connectivity index (χ1) is 8.28. The van der Waals surface area contributed by atoms with Crippen molar-refractivity contribution in [3.05, 3.63) is 23.7 Å². The van der Waals surface area contributed by atoms with Gasteiger partial charge in [0.1, 0.15) is 5.76 Å². The molecule has 2 heterocycles. The number of furan rings is 1. The van der Waals surface area contributed by atoms with Gasteiger partial charge < -0.3 is 15.1 Å². The molecule has 0 bridgehead atoms. The van der Waals surface area contributed by atoms with Crippen molar-refractivity contribution in [2.45, 2.75) is 25.8 Å². The van der Waals surface area contributed by atoms with E-state index >= 15 is 0 Å². The van der Waals surface area contributed by atoms with Crippen LogP contribution in [0.25, 0.3) is 0 Å². The van der Waals surface area contributed by atoms with Gasteiger partial charge in [-0.3, -0.25) is 4.79 Å². The van der Waals surface area contributed by atoms with Crippen LogP contribution in [0.3, 0.4) is 0 Å². The second-order valence-electron chi connectivity index (χ2n) is 5.13. The number of hydrogen-bond donors (Lipinski definition) is 1. The zero-order valence-corrected chi connectivity index (χ0v) is 9.89. The lowest BCUT2D eigenvalue weighted by atomic mass is 10.0. The summed E-state index contributed by atoms with van der Waals surface area (Å²) in [5.74, 6) is 2.59. The zero-order valence-electron chi connectivity index (χ0n) is 9.89. The molecule has 3 rings (SSSR count). The number of likely N-dealkylation sites (tertiary alicyclic amines) is 1. The van der Waals surface area contributed by atoms with E-state index < -0.39 is 0 Å². The highest BCUT2D eigenvalue weighted by atomic mass is 16.4. The Labute approximate surface area is 101 Å². The second kappa shape index (κ2) is 4.18. The molecular weight excluding hydrogens is 216 g/mol. The van der Waals surface area contributed by atoms with Gasteiger partial charge in [0.2, 0.25) is 0 Å². The minimum atomic E-state index is 0.0269. The molecule has 2 atom stereocenters. The highest BCUT2D eigenvalue weighted by Gasteiger charge is 2.38. The van der Waals surface area contributed by atoms with Gasteiger partial charge in [-0.2, -0.15) is 0 Å². The van der Waals surface area contributed by atoms with E-state index in [9.17, 15) is 4.79 Å². The van der Waals surface area contributed by atoms with Gasteiger partial charge in [0, 0.05) is 13.1 Å². The van der Waals surface area contributed by atoms with Crippen molar-refractivity contribution in [3.8, 4) is 0 Å². The monoisotopic (exact) mass is 234 g/mol. The lowest BCUT2D eigenvalue weighted by Gasteiger charge is -2.15. The molecule has 2 N–H and O–H groups in total. The van der Waals surface area contributed by atoms with Crippen molar-refractivity contribution >= 4 is 5.91 Å². The summed E-state index contributed by atoms with van der Waals surface area (Å²) < 4.78 is 5.41. The quantitative estimate of drug-likeness (QED) is 0.845. The fraction of sp³-hybridized carbons (Fsp3) is 0.615. The van der Waals surface area contributed by atoms with Crippen molar-refractivity contribution in [3.63, 3.8) is 0 Å². The van der Waals surface area contributed by atoms with Gasteiger partial charge in [-0.05, 0) is 36.8 Å². The van der Waals surface area contributed by atoms with Crippen molar-refractivity contribution in [2.75, 3.05) is 13.1 Å². The summed E-state index contributed by atoms with van der Waals surface area (Å²) in [4.78, 5) is 14.1. The van der Waals surface area contributed by atoms with Crippen molar-refractivity contribution in [2.24, 2.45) is 17.6 Å². The Morgan fingerprint density at radius 1 is 1.35 bits per heavy atom. The van der Waals surface area contributed by atoms with Crippen LogP contribution in [0, 0.1) is 11.8 Å². The molecule has 0 radical (unpaired) electrons. The highest BCUT2D eigenvalue weighted by molar-refractivity contribution is 5.91. The van der Waals surface area contributed by atoms with Crippen LogP contribution in [-0.2, 0) is 6.54 Å². The zero-order chi connectivity index (χ0) is 11.8. The lowest BCUT2D eigenvalue weighted by molar-refractivity contribution is 0.0747. The van der Waals surface area contributed by atoms with Gasteiger partial charge in [0.05, 0.1) is 6.54 Å². The van der Waals surface area contributed by atoms with Crippen LogP contribution in [0.1, 0.15) is 35.6 Å². The number of nitrogens with zero attached hydrogens (tertiary/aromatic N) is 1. The Kier molecular flexibility index (Phi) is 2.67. The molecule has 1 saturated heterocycles. The number of rotatable bonds is 2. The summed E-state index contributed by atoms with van der Waals surface area (Å²) in [6, 6.07) is 3.52. The molecule has 1 saturated carbocycles. The first kappa shape index (κ1) is 10.8. The van der Waals surface area contributed by atoms with Gasteiger partial charge >= 0.3 is 0 Å². The van der Waals surface area contributed by atoms with Crippen LogP contribution in [-0.4, -0.2) is 23.9 Å². The molecule has 1 amide bonds. The number of carbonyl (C=O) groups is 1. The maximum absolute atomic E-state index is 12.2. The Bertz CT molecular complexity index is 415. The van der Waals surface area contributed by atoms with Crippen LogP contribution in [0.15, 0.2) is 16.5 Å². The normalized spacial score (nSPS) is 27.5. The van der Waals surface area contributed by atoms with E-state index in [4.69, 9.17) is 10.2 Å². The summed E-state index contributed by atoms with van der Waals surface area (Å²) in [5.41, 5.74) is 5.47. The van der Waals surface area contributed by atoms with Crippen LogP contribution in [0.2, 0.25) is 0 Å². The summed E-state index contributed by atoms with van der Waals surface area (Å²) in [6.45, 7) is 2.16. The Balaban J connectivity index is 1.70. The first-order valence-electron chi connectivity index (χ1n) is 6.36. The van der Waals surface area contributed by atoms with E-state index in [1.54, 1.807) is 12.1 Å². The molecule has 0 spiro atoms. The topological polar surface area (TPSA) is 59.5 Å². The molecule has 1 aromatic heterocycles. The predicted octanol–water partition coefficient (Wildman–Crippen LogP) is 1.61.